The first-order valence-electron chi connectivity index (χ1n) is 10.1. The third kappa shape index (κ3) is 7.63. The van der Waals surface area contributed by atoms with E-state index in [4.69, 9.17) is 9.47 Å². The van der Waals surface area contributed by atoms with Gasteiger partial charge in [-0.1, -0.05) is 54.9 Å². The van der Waals surface area contributed by atoms with Gasteiger partial charge in [0.2, 0.25) is 0 Å². The molecular weight excluding hydrogens is 433 g/mol. The Balaban J connectivity index is 2.15. The van der Waals surface area contributed by atoms with Crippen LogP contribution in [0.5, 0.6) is 11.5 Å². The summed E-state index contributed by atoms with van der Waals surface area (Å²) in [5.74, 6) is 0.989. The minimum atomic E-state index is -0.272. The van der Waals surface area contributed by atoms with E-state index in [-0.39, 0.29) is 23.4 Å². The molecule has 0 aliphatic rings. The molecule has 5 heteroatoms. The molecule has 0 radical (unpaired) electrons. The van der Waals surface area contributed by atoms with Crippen molar-refractivity contribution in [2.45, 2.75) is 66.7 Å². The second-order valence-electron chi connectivity index (χ2n) is 9.18. The first kappa shape index (κ1) is 23.7. The van der Waals surface area contributed by atoms with E-state index in [2.05, 4.69) is 55.9 Å². The number of halogens is 2. The van der Waals surface area contributed by atoms with Gasteiger partial charge in [0.1, 0.15) is 12.4 Å². The Morgan fingerprint density at radius 1 is 0.966 bits per heavy atom. The molecule has 0 bridgehead atoms. The molecule has 0 atom stereocenters. The molecule has 0 spiro atoms. The number of hydrogen-bond donors (Lipinski definition) is 1. The Kier molecular flexibility index (Phi) is 8.12. The predicted molar refractivity (Wildman–Crippen MR) is 121 cm³/mol. The monoisotopic (exact) mass is 465 g/mol. The normalized spacial score (nSPS) is 12.1. The average molecular weight is 466 g/mol. The van der Waals surface area contributed by atoms with Crippen molar-refractivity contribution in [1.82, 2.24) is 5.32 Å². The van der Waals surface area contributed by atoms with Gasteiger partial charge in [-0.2, -0.15) is 0 Å². The third-order valence-electron chi connectivity index (χ3n) is 4.48. The topological polar surface area (TPSA) is 30.5 Å². The van der Waals surface area contributed by atoms with Gasteiger partial charge in [0.15, 0.2) is 11.5 Å². The number of rotatable bonds is 9. The van der Waals surface area contributed by atoms with Crippen LogP contribution in [0.4, 0.5) is 4.39 Å². The number of nitrogens with one attached hydrogen (secondary N) is 1. The molecule has 0 heterocycles. The van der Waals surface area contributed by atoms with E-state index in [1.54, 1.807) is 18.2 Å². The molecular formula is C24H33BrFNO2. The van der Waals surface area contributed by atoms with Crippen molar-refractivity contribution in [1.29, 1.82) is 0 Å². The lowest BCUT2D eigenvalue weighted by molar-refractivity contribution is 0.240. The predicted octanol–water partition coefficient (Wildman–Crippen LogP) is 6.87. The van der Waals surface area contributed by atoms with Crippen molar-refractivity contribution < 1.29 is 13.9 Å². The molecule has 1 N–H and O–H groups in total. The summed E-state index contributed by atoms with van der Waals surface area (Å²) in [5.41, 5.74) is 1.85. The van der Waals surface area contributed by atoms with Crippen LogP contribution in [0.1, 0.15) is 59.1 Å². The molecule has 0 fully saturated rings. The van der Waals surface area contributed by atoms with E-state index in [9.17, 15) is 4.39 Å². The molecule has 0 unspecified atom stereocenters. The van der Waals surface area contributed by atoms with E-state index in [0.29, 0.717) is 30.2 Å². The van der Waals surface area contributed by atoms with Gasteiger partial charge in [-0.15, -0.1) is 0 Å². The molecule has 2 rings (SSSR count). The van der Waals surface area contributed by atoms with E-state index >= 15 is 0 Å². The minimum absolute atomic E-state index is 0.00345. The highest BCUT2D eigenvalue weighted by Gasteiger charge is 2.25. The Bertz CT molecular complexity index is 815. The van der Waals surface area contributed by atoms with Crippen molar-refractivity contribution in [3.63, 3.8) is 0 Å². The van der Waals surface area contributed by atoms with E-state index in [1.807, 2.05) is 19.1 Å². The summed E-state index contributed by atoms with van der Waals surface area (Å²) in [7, 11) is 0. The van der Waals surface area contributed by atoms with Crippen molar-refractivity contribution in [2.24, 2.45) is 5.41 Å². The summed E-state index contributed by atoms with van der Waals surface area (Å²) >= 11 is 3.65. The van der Waals surface area contributed by atoms with Crippen LogP contribution in [-0.2, 0) is 13.2 Å². The average Bonchev–Trinajstić information content (AvgIpc) is 2.60. The molecule has 0 saturated carbocycles. The van der Waals surface area contributed by atoms with Gasteiger partial charge < -0.3 is 14.8 Å². The van der Waals surface area contributed by atoms with Crippen molar-refractivity contribution in [3.8, 4) is 11.5 Å². The van der Waals surface area contributed by atoms with Crippen molar-refractivity contribution in [3.05, 3.63) is 57.8 Å². The van der Waals surface area contributed by atoms with E-state index in [1.165, 1.54) is 6.07 Å². The Morgan fingerprint density at radius 2 is 1.62 bits per heavy atom. The number of hydrogen-bond acceptors (Lipinski definition) is 3. The van der Waals surface area contributed by atoms with Crippen LogP contribution in [0.25, 0.3) is 0 Å². The maximum atomic E-state index is 13.9. The van der Waals surface area contributed by atoms with Crippen molar-refractivity contribution >= 4 is 15.9 Å². The lowest BCUT2D eigenvalue weighted by Crippen LogP contribution is -2.41. The first-order chi connectivity index (χ1) is 13.5. The van der Waals surface area contributed by atoms with Gasteiger partial charge in [-0.05, 0) is 56.4 Å². The van der Waals surface area contributed by atoms with Crippen LogP contribution in [-0.4, -0.2) is 12.1 Å². The molecule has 0 amide bonds. The Hall–Kier alpha value is -1.59. The van der Waals surface area contributed by atoms with Gasteiger partial charge in [0, 0.05) is 22.1 Å². The third-order valence-corrected chi connectivity index (χ3v) is 5.22. The Morgan fingerprint density at radius 3 is 2.24 bits per heavy atom. The second-order valence-corrected chi connectivity index (χ2v) is 10.0. The van der Waals surface area contributed by atoms with Gasteiger partial charge in [0.05, 0.1) is 6.61 Å². The number of ether oxygens (including phenoxy) is 2. The second kappa shape index (κ2) is 9.94. The highest BCUT2D eigenvalue weighted by atomic mass is 79.9. The summed E-state index contributed by atoms with van der Waals surface area (Å²) in [6, 6.07) is 10.5. The SMILES string of the molecule is CCOc1cc(CNC(C)(C)CC(C)(C)C)c(Br)cc1OCc1ccccc1F. The van der Waals surface area contributed by atoms with Crippen LogP contribution < -0.4 is 14.8 Å². The van der Waals surface area contributed by atoms with E-state index in [0.717, 1.165) is 16.5 Å². The zero-order valence-electron chi connectivity index (χ0n) is 18.4. The molecule has 0 aliphatic carbocycles. The summed E-state index contributed by atoms with van der Waals surface area (Å²) in [6.07, 6.45) is 1.06. The van der Waals surface area contributed by atoms with Gasteiger partial charge in [0.25, 0.3) is 0 Å². The maximum Gasteiger partial charge on any atom is 0.162 e. The van der Waals surface area contributed by atoms with Crippen LogP contribution >= 0.6 is 15.9 Å². The molecule has 3 nitrogen and oxygen atoms in total. The largest absolute Gasteiger partial charge is 0.490 e. The Labute approximate surface area is 183 Å². The zero-order chi connectivity index (χ0) is 21.7. The van der Waals surface area contributed by atoms with Gasteiger partial charge in [-0.25, -0.2) is 4.39 Å². The molecule has 0 saturated heterocycles. The maximum absolute atomic E-state index is 13.9. The fraction of sp³-hybridized carbons (Fsp3) is 0.500. The quantitative estimate of drug-likeness (QED) is 0.438. The smallest absolute Gasteiger partial charge is 0.162 e. The number of benzene rings is 2. The lowest BCUT2D eigenvalue weighted by atomic mass is 9.82. The van der Waals surface area contributed by atoms with Gasteiger partial charge >= 0.3 is 0 Å². The molecule has 29 heavy (non-hydrogen) atoms. The minimum Gasteiger partial charge on any atom is -0.490 e. The van der Waals surface area contributed by atoms with Crippen LogP contribution in [0, 0.1) is 11.2 Å². The van der Waals surface area contributed by atoms with Crippen LogP contribution in [0.3, 0.4) is 0 Å². The highest BCUT2D eigenvalue weighted by molar-refractivity contribution is 9.10. The first-order valence-corrected chi connectivity index (χ1v) is 10.9. The van der Waals surface area contributed by atoms with Gasteiger partial charge in [-0.3, -0.25) is 0 Å². The summed E-state index contributed by atoms with van der Waals surface area (Å²) in [6.45, 7) is 14.5. The summed E-state index contributed by atoms with van der Waals surface area (Å²) < 4.78 is 26.5. The molecule has 160 valence electrons. The zero-order valence-corrected chi connectivity index (χ0v) is 20.0. The fourth-order valence-corrected chi connectivity index (χ4v) is 4.05. The highest BCUT2D eigenvalue weighted by Crippen LogP contribution is 2.35. The standard InChI is InChI=1S/C24H33BrFNO2/c1-7-28-21-12-18(14-27-24(5,6)16-23(2,3)4)19(25)13-22(21)29-15-17-10-8-9-11-20(17)26/h8-13,27H,7,14-16H2,1-6H3. The molecule has 0 aromatic heterocycles. The van der Waals surface area contributed by atoms with Crippen molar-refractivity contribution in [2.75, 3.05) is 6.61 Å². The fourth-order valence-electron chi connectivity index (χ4n) is 3.59. The molecule has 2 aromatic carbocycles. The van der Waals surface area contributed by atoms with Crippen LogP contribution in [0.2, 0.25) is 0 Å². The summed E-state index contributed by atoms with van der Waals surface area (Å²) in [4.78, 5) is 0. The molecule has 0 aliphatic heterocycles. The molecule has 2 aromatic rings. The summed E-state index contributed by atoms with van der Waals surface area (Å²) in [5, 5.41) is 3.65. The van der Waals surface area contributed by atoms with Crippen LogP contribution in [0.15, 0.2) is 40.9 Å². The lowest BCUT2D eigenvalue weighted by Gasteiger charge is -2.33. The van der Waals surface area contributed by atoms with E-state index < -0.39 is 0 Å².